The van der Waals surface area contributed by atoms with E-state index in [1.807, 2.05) is 0 Å². The molecular formula is C19H32Cl2O3. The van der Waals surface area contributed by atoms with Crippen LogP contribution in [0.25, 0.3) is 0 Å². The Labute approximate surface area is 156 Å². The molecule has 140 valence electrons. The predicted octanol–water partition coefficient (Wildman–Crippen LogP) is 6.33. The van der Waals surface area contributed by atoms with Gasteiger partial charge >= 0.3 is 0 Å². The molecule has 0 unspecified atom stereocenters. The lowest BCUT2D eigenvalue weighted by atomic mass is 10.0. The summed E-state index contributed by atoms with van der Waals surface area (Å²) in [6.45, 7) is 0. The molecule has 0 N–H and O–H groups in total. The third kappa shape index (κ3) is 19.6. The normalized spacial score (nSPS) is 10.8. The van der Waals surface area contributed by atoms with Gasteiger partial charge in [-0.05, 0) is 48.9 Å². The molecule has 0 aromatic rings. The number of halogens is 2. The van der Waals surface area contributed by atoms with Crippen LogP contribution in [0.4, 0.5) is 0 Å². The fourth-order valence-electron chi connectivity index (χ4n) is 2.71. The van der Waals surface area contributed by atoms with Gasteiger partial charge in [-0.2, -0.15) is 0 Å². The summed E-state index contributed by atoms with van der Waals surface area (Å²) < 4.78 is 0. The van der Waals surface area contributed by atoms with E-state index in [9.17, 15) is 14.4 Å². The van der Waals surface area contributed by atoms with E-state index in [0.717, 1.165) is 77.0 Å². The van der Waals surface area contributed by atoms with Crippen LogP contribution in [0, 0.1) is 0 Å². The molecule has 0 fully saturated rings. The zero-order valence-corrected chi connectivity index (χ0v) is 16.3. The summed E-state index contributed by atoms with van der Waals surface area (Å²) in [4.78, 5) is 32.9. The molecule has 0 radical (unpaired) electrons. The number of ketones is 1. The Morgan fingerprint density at radius 1 is 0.417 bits per heavy atom. The van der Waals surface area contributed by atoms with Crippen molar-refractivity contribution in [2.45, 2.75) is 103 Å². The average Bonchev–Trinajstić information content (AvgIpc) is 2.51. The number of Topliss-reactive ketones (excluding diaryl/α,β-unsaturated/α-hetero) is 1. The van der Waals surface area contributed by atoms with Gasteiger partial charge in [-0.1, -0.05) is 51.4 Å². The van der Waals surface area contributed by atoms with Gasteiger partial charge in [0.2, 0.25) is 10.5 Å². The van der Waals surface area contributed by atoms with Gasteiger partial charge in [0.05, 0.1) is 0 Å². The van der Waals surface area contributed by atoms with Gasteiger partial charge < -0.3 is 0 Å². The first-order valence-corrected chi connectivity index (χ1v) is 10.2. The van der Waals surface area contributed by atoms with Crippen LogP contribution in [0.2, 0.25) is 0 Å². The van der Waals surface area contributed by atoms with Crippen molar-refractivity contribution in [1.29, 1.82) is 0 Å². The van der Waals surface area contributed by atoms with Crippen LogP contribution in [0.1, 0.15) is 103 Å². The third-order valence-corrected chi connectivity index (χ3v) is 4.54. The summed E-state index contributed by atoms with van der Waals surface area (Å²) in [5, 5.41) is -0.489. The fraction of sp³-hybridized carbons (Fsp3) is 0.842. The summed E-state index contributed by atoms with van der Waals surface area (Å²) in [7, 11) is 0. The van der Waals surface area contributed by atoms with Crippen LogP contribution in [-0.2, 0) is 14.4 Å². The summed E-state index contributed by atoms with van der Waals surface area (Å²) in [5.41, 5.74) is 0. The minimum Gasteiger partial charge on any atom is -0.300 e. The molecule has 3 nitrogen and oxygen atoms in total. The number of hydrogen-bond donors (Lipinski definition) is 0. The van der Waals surface area contributed by atoms with Crippen LogP contribution in [0.3, 0.4) is 0 Å². The molecule has 0 bridgehead atoms. The van der Waals surface area contributed by atoms with Crippen LogP contribution in [-0.4, -0.2) is 16.3 Å². The van der Waals surface area contributed by atoms with Gasteiger partial charge in [-0.25, -0.2) is 0 Å². The number of carbonyl (C=O) groups excluding carboxylic acids is 3. The Morgan fingerprint density at radius 3 is 0.958 bits per heavy atom. The summed E-state index contributed by atoms with van der Waals surface area (Å²) in [6, 6.07) is 0. The fourth-order valence-corrected chi connectivity index (χ4v) is 2.98. The van der Waals surface area contributed by atoms with Gasteiger partial charge in [0, 0.05) is 25.7 Å². The second-order valence-electron chi connectivity index (χ2n) is 6.49. The maximum Gasteiger partial charge on any atom is 0.221 e. The lowest BCUT2D eigenvalue weighted by Crippen LogP contribution is -1.97. The zero-order chi connectivity index (χ0) is 18.0. The van der Waals surface area contributed by atoms with E-state index < -0.39 is 0 Å². The molecule has 0 spiro atoms. The molecule has 0 atom stereocenters. The Bertz CT molecular complexity index is 325. The molecule has 0 saturated heterocycles. The van der Waals surface area contributed by atoms with Crippen LogP contribution in [0.15, 0.2) is 0 Å². The predicted molar refractivity (Wildman–Crippen MR) is 101 cm³/mol. The van der Waals surface area contributed by atoms with Crippen LogP contribution in [0.5, 0.6) is 0 Å². The second kappa shape index (κ2) is 17.4. The van der Waals surface area contributed by atoms with E-state index in [-0.39, 0.29) is 10.5 Å². The highest BCUT2D eigenvalue weighted by molar-refractivity contribution is 6.63. The first kappa shape index (κ1) is 23.6. The molecule has 0 aromatic heterocycles. The van der Waals surface area contributed by atoms with Crippen molar-refractivity contribution >= 4 is 39.5 Å². The van der Waals surface area contributed by atoms with E-state index in [0.29, 0.717) is 31.5 Å². The van der Waals surface area contributed by atoms with Crippen LogP contribution >= 0.6 is 23.2 Å². The first-order chi connectivity index (χ1) is 11.5. The SMILES string of the molecule is O=C(Cl)CCCCCCCCC(=O)CCCCCCCCC(=O)Cl. The maximum absolute atomic E-state index is 11.8. The van der Waals surface area contributed by atoms with Crippen molar-refractivity contribution in [1.82, 2.24) is 0 Å². The number of unbranched alkanes of at least 4 members (excludes halogenated alkanes) is 10. The average molecular weight is 379 g/mol. The van der Waals surface area contributed by atoms with Crippen molar-refractivity contribution in [3.05, 3.63) is 0 Å². The summed E-state index contributed by atoms with van der Waals surface area (Å²) in [5.74, 6) is 0.385. The highest BCUT2D eigenvalue weighted by Crippen LogP contribution is 2.13. The van der Waals surface area contributed by atoms with E-state index in [1.54, 1.807) is 0 Å². The number of carbonyl (C=O) groups is 3. The molecule has 0 heterocycles. The smallest absolute Gasteiger partial charge is 0.221 e. The van der Waals surface area contributed by atoms with Crippen molar-refractivity contribution in [3.63, 3.8) is 0 Å². The monoisotopic (exact) mass is 378 g/mol. The Kier molecular flexibility index (Phi) is 17.1. The lowest BCUT2D eigenvalue weighted by Gasteiger charge is -2.03. The van der Waals surface area contributed by atoms with Crippen LogP contribution < -0.4 is 0 Å². The zero-order valence-electron chi connectivity index (χ0n) is 14.8. The first-order valence-electron chi connectivity index (χ1n) is 9.40. The van der Waals surface area contributed by atoms with Crippen molar-refractivity contribution in [3.8, 4) is 0 Å². The molecule has 5 heteroatoms. The molecule has 0 aliphatic rings. The largest absolute Gasteiger partial charge is 0.300 e. The van der Waals surface area contributed by atoms with Crippen molar-refractivity contribution in [2.75, 3.05) is 0 Å². The van der Waals surface area contributed by atoms with Gasteiger partial charge in [0.1, 0.15) is 5.78 Å². The summed E-state index contributed by atoms with van der Waals surface area (Å²) >= 11 is 10.6. The van der Waals surface area contributed by atoms with Gasteiger partial charge in [0.25, 0.3) is 0 Å². The van der Waals surface area contributed by atoms with E-state index in [4.69, 9.17) is 23.2 Å². The molecule has 24 heavy (non-hydrogen) atoms. The quantitative estimate of drug-likeness (QED) is 0.207. The Morgan fingerprint density at radius 2 is 0.667 bits per heavy atom. The van der Waals surface area contributed by atoms with E-state index in [2.05, 4.69) is 0 Å². The lowest BCUT2D eigenvalue weighted by molar-refractivity contribution is -0.119. The molecule has 0 aromatic carbocycles. The second-order valence-corrected chi connectivity index (χ2v) is 7.33. The third-order valence-electron chi connectivity index (χ3n) is 4.16. The highest BCUT2D eigenvalue weighted by Gasteiger charge is 2.02. The van der Waals surface area contributed by atoms with Crippen molar-refractivity contribution < 1.29 is 14.4 Å². The minimum atomic E-state index is -0.244. The number of rotatable bonds is 18. The molecular weight excluding hydrogens is 347 g/mol. The van der Waals surface area contributed by atoms with E-state index >= 15 is 0 Å². The topological polar surface area (TPSA) is 51.2 Å². The Balaban J connectivity index is 3.21. The molecule has 0 saturated carbocycles. The van der Waals surface area contributed by atoms with Gasteiger partial charge in [0.15, 0.2) is 0 Å². The molecule has 0 amide bonds. The van der Waals surface area contributed by atoms with E-state index in [1.165, 1.54) is 0 Å². The molecule has 0 rings (SSSR count). The van der Waals surface area contributed by atoms with Crippen molar-refractivity contribution in [2.24, 2.45) is 0 Å². The number of hydrogen-bond acceptors (Lipinski definition) is 3. The highest BCUT2D eigenvalue weighted by atomic mass is 35.5. The summed E-state index contributed by atoms with van der Waals surface area (Å²) in [6.07, 6.45) is 14.9. The Hall–Kier alpha value is -0.410. The molecule has 0 aliphatic heterocycles. The van der Waals surface area contributed by atoms with Gasteiger partial charge in [-0.15, -0.1) is 0 Å². The maximum atomic E-state index is 11.8. The molecule has 0 aliphatic carbocycles. The standard InChI is InChI=1S/C19H32Cl2O3/c20-18(23)15-11-7-3-1-5-9-13-17(22)14-10-6-2-4-8-12-16-19(21)24/h1-16H2. The van der Waals surface area contributed by atoms with Gasteiger partial charge in [-0.3, -0.25) is 14.4 Å². The minimum absolute atomic E-state index is 0.244.